The van der Waals surface area contributed by atoms with Crippen molar-refractivity contribution < 1.29 is 23.5 Å². The Morgan fingerprint density at radius 3 is 2.36 bits per heavy atom. The average molecular weight is 562 g/mol. The maximum atomic E-state index is 14.1. The zero-order valence-electron chi connectivity index (χ0n) is 22.5. The van der Waals surface area contributed by atoms with Gasteiger partial charge in [-0.15, -0.1) is 0 Å². The third kappa shape index (κ3) is 5.10. The van der Waals surface area contributed by atoms with Crippen LogP contribution in [0.2, 0.25) is 0 Å². The van der Waals surface area contributed by atoms with Crippen molar-refractivity contribution in [2.75, 3.05) is 0 Å². The lowest BCUT2D eigenvalue weighted by atomic mass is 9.97. The number of imidazole rings is 1. The SMILES string of the molecule is C[C@H](c1ccc2ccccc2c1)c1ncc2cc(-c3ccc(F)c(F)c3)cc(C(=O)NCc3ccc(C(=O)O)cc3)n12. The van der Waals surface area contributed by atoms with Crippen LogP contribution in [0.1, 0.15) is 50.6 Å². The Labute approximate surface area is 239 Å². The Hall–Kier alpha value is -5.37. The van der Waals surface area contributed by atoms with Crippen LogP contribution in [-0.2, 0) is 6.54 Å². The molecule has 6 nitrogen and oxygen atoms in total. The molecule has 0 spiro atoms. The molecule has 0 radical (unpaired) electrons. The second kappa shape index (κ2) is 10.9. The van der Waals surface area contributed by atoms with Gasteiger partial charge in [-0.3, -0.25) is 9.20 Å². The van der Waals surface area contributed by atoms with Crippen molar-refractivity contribution in [2.24, 2.45) is 0 Å². The van der Waals surface area contributed by atoms with E-state index in [0.717, 1.165) is 34.0 Å². The normalized spacial score (nSPS) is 12.0. The number of carbonyl (C=O) groups is 2. The number of fused-ring (bicyclic) bond motifs is 2. The van der Waals surface area contributed by atoms with Gasteiger partial charge < -0.3 is 10.4 Å². The zero-order valence-corrected chi connectivity index (χ0v) is 22.5. The number of pyridine rings is 1. The predicted molar refractivity (Wildman–Crippen MR) is 157 cm³/mol. The first-order valence-corrected chi connectivity index (χ1v) is 13.3. The molecule has 0 aliphatic carbocycles. The average Bonchev–Trinajstić information content (AvgIpc) is 3.44. The van der Waals surface area contributed by atoms with Crippen LogP contribution in [0.25, 0.3) is 27.4 Å². The molecule has 4 aromatic carbocycles. The van der Waals surface area contributed by atoms with E-state index in [2.05, 4.69) is 17.4 Å². The maximum Gasteiger partial charge on any atom is 0.335 e. The summed E-state index contributed by atoms with van der Waals surface area (Å²) in [5.74, 6) is -2.91. The van der Waals surface area contributed by atoms with Crippen LogP contribution in [0.4, 0.5) is 8.78 Å². The molecular weight excluding hydrogens is 536 g/mol. The smallest absolute Gasteiger partial charge is 0.335 e. The van der Waals surface area contributed by atoms with Gasteiger partial charge in [-0.1, -0.05) is 67.6 Å². The molecule has 2 N–H and O–H groups in total. The van der Waals surface area contributed by atoms with Gasteiger partial charge in [0.05, 0.1) is 17.3 Å². The van der Waals surface area contributed by atoms with E-state index >= 15 is 0 Å². The molecule has 0 aliphatic heterocycles. The van der Waals surface area contributed by atoms with E-state index < -0.39 is 23.5 Å². The van der Waals surface area contributed by atoms with Crippen LogP contribution in [0.15, 0.2) is 103 Å². The number of aromatic carboxylic acids is 1. The minimum atomic E-state index is -1.03. The Bertz CT molecular complexity index is 1980. The van der Waals surface area contributed by atoms with Gasteiger partial charge in [0.25, 0.3) is 5.91 Å². The van der Waals surface area contributed by atoms with Crippen LogP contribution < -0.4 is 5.32 Å². The third-order valence-electron chi connectivity index (χ3n) is 7.45. The summed E-state index contributed by atoms with van der Waals surface area (Å²) in [7, 11) is 0. The first-order valence-electron chi connectivity index (χ1n) is 13.3. The van der Waals surface area contributed by atoms with E-state index in [-0.39, 0.29) is 23.7 Å². The number of carbonyl (C=O) groups excluding carboxylic acids is 1. The van der Waals surface area contributed by atoms with Gasteiger partial charge in [0.2, 0.25) is 0 Å². The van der Waals surface area contributed by atoms with Crippen molar-refractivity contribution in [3.63, 3.8) is 0 Å². The number of halogens is 2. The Morgan fingerprint density at radius 1 is 0.857 bits per heavy atom. The fourth-order valence-electron chi connectivity index (χ4n) is 5.14. The number of hydrogen-bond donors (Lipinski definition) is 2. The molecule has 1 atom stereocenters. The summed E-state index contributed by atoms with van der Waals surface area (Å²) in [4.78, 5) is 29.6. The predicted octanol–water partition coefficient (Wildman–Crippen LogP) is 7.21. The Morgan fingerprint density at radius 2 is 1.62 bits per heavy atom. The molecule has 8 heteroatoms. The third-order valence-corrected chi connectivity index (χ3v) is 7.45. The first kappa shape index (κ1) is 26.8. The molecule has 0 aliphatic rings. The van der Waals surface area contributed by atoms with Gasteiger partial charge in [0, 0.05) is 12.5 Å². The molecule has 0 saturated heterocycles. The van der Waals surface area contributed by atoms with Crippen molar-refractivity contribution in [3.05, 3.63) is 143 Å². The van der Waals surface area contributed by atoms with E-state index in [9.17, 15) is 18.4 Å². The summed E-state index contributed by atoms with van der Waals surface area (Å²) in [6.45, 7) is 2.17. The fraction of sp³-hybridized carbons (Fsp3) is 0.0882. The van der Waals surface area contributed by atoms with Crippen molar-refractivity contribution in [3.8, 4) is 11.1 Å². The molecule has 2 heterocycles. The molecular formula is C34H25F2N3O3. The number of nitrogens with zero attached hydrogens (tertiary/aromatic N) is 2. The summed E-state index contributed by atoms with van der Waals surface area (Å²) in [6, 6.07) is 27.6. The van der Waals surface area contributed by atoms with Crippen LogP contribution in [0.5, 0.6) is 0 Å². The maximum absolute atomic E-state index is 14.1. The van der Waals surface area contributed by atoms with Gasteiger partial charge in [-0.2, -0.15) is 0 Å². The molecule has 6 aromatic rings. The highest BCUT2D eigenvalue weighted by Gasteiger charge is 2.21. The van der Waals surface area contributed by atoms with Gasteiger partial charge >= 0.3 is 5.97 Å². The van der Waals surface area contributed by atoms with Crippen LogP contribution >= 0.6 is 0 Å². The van der Waals surface area contributed by atoms with Gasteiger partial charge in [-0.25, -0.2) is 18.6 Å². The number of aromatic nitrogens is 2. The lowest BCUT2D eigenvalue weighted by Gasteiger charge is -2.16. The van der Waals surface area contributed by atoms with E-state index in [0.29, 0.717) is 22.5 Å². The molecule has 208 valence electrons. The number of nitrogens with one attached hydrogen (secondary N) is 1. The Kier molecular flexibility index (Phi) is 6.96. The summed E-state index contributed by atoms with van der Waals surface area (Å²) in [5, 5.41) is 14.3. The number of amides is 1. The van der Waals surface area contributed by atoms with Gasteiger partial charge in [0.1, 0.15) is 11.5 Å². The van der Waals surface area contributed by atoms with Crippen molar-refractivity contribution in [1.82, 2.24) is 14.7 Å². The van der Waals surface area contributed by atoms with Crippen LogP contribution in [0.3, 0.4) is 0 Å². The molecule has 6 rings (SSSR count). The highest BCUT2D eigenvalue weighted by Crippen LogP contribution is 2.31. The fourth-order valence-corrected chi connectivity index (χ4v) is 5.14. The topological polar surface area (TPSA) is 83.7 Å². The lowest BCUT2D eigenvalue weighted by molar-refractivity contribution is 0.0696. The van der Waals surface area contributed by atoms with E-state index in [1.807, 2.05) is 37.3 Å². The first-order chi connectivity index (χ1) is 20.3. The largest absolute Gasteiger partial charge is 0.478 e. The second-order valence-electron chi connectivity index (χ2n) is 10.1. The molecule has 0 fully saturated rings. The molecule has 1 amide bonds. The molecule has 0 unspecified atom stereocenters. The van der Waals surface area contributed by atoms with Crippen LogP contribution in [0, 0.1) is 11.6 Å². The molecule has 0 bridgehead atoms. The van der Waals surface area contributed by atoms with Crippen LogP contribution in [-0.4, -0.2) is 26.4 Å². The van der Waals surface area contributed by atoms with E-state index in [1.165, 1.54) is 18.2 Å². The van der Waals surface area contributed by atoms with Crippen molar-refractivity contribution >= 4 is 28.2 Å². The van der Waals surface area contributed by atoms with Crippen molar-refractivity contribution in [1.29, 1.82) is 0 Å². The zero-order chi connectivity index (χ0) is 29.4. The van der Waals surface area contributed by atoms with Crippen molar-refractivity contribution in [2.45, 2.75) is 19.4 Å². The minimum Gasteiger partial charge on any atom is -0.478 e. The summed E-state index contributed by atoms with van der Waals surface area (Å²) >= 11 is 0. The highest BCUT2D eigenvalue weighted by molar-refractivity contribution is 5.95. The summed E-state index contributed by atoms with van der Waals surface area (Å²) < 4.78 is 29.6. The lowest BCUT2D eigenvalue weighted by Crippen LogP contribution is -2.26. The summed E-state index contributed by atoms with van der Waals surface area (Å²) in [6.07, 6.45) is 1.66. The Balaban J connectivity index is 1.42. The molecule has 0 saturated carbocycles. The highest BCUT2D eigenvalue weighted by atomic mass is 19.2. The summed E-state index contributed by atoms with van der Waals surface area (Å²) in [5.41, 5.74) is 3.73. The minimum absolute atomic E-state index is 0.150. The number of rotatable bonds is 7. The quantitative estimate of drug-likeness (QED) is 0.216. The number of carboxylic acid groups (broad SMARTS) is 1. The second-order valence-corrected chi connectivity index (χ2v) is 10.1. The molecule has 2 aromatic heterocycles. The number of benzene rings is 4. The number of carboxylic acids is 1. The van der Waals surface area contributed by atoms with E-state index in [4.69, 9.17) is 10.1 Å². The number of hydrogen-bond acceptors (Lipinski definition) is 3. The standard InChI is InChI=1S/C34H25F2N3O3/c1-20(24-11-10-22-4-2-3-5-25(22)14-24)32-37-19-28-15-27(26-12-13-29(35)30(36)16-26)17-31(39(28)32)33(40)38-18-21-6-8-23(9-7-21)34(41)42/h2-17,19-20H,18H2,1H3,(H,38,40)(H,41,42)/t20-/m1/s1. The van der Waals surface area contributed by atoms with E-state index in [1.54, 1.807) is 34.9 Å². The molecule has 42 heavy (non-hydrogen) atoms. The van der Waals surface area contributed by atoms with Gasteiger partial charge in [0.15, 0.2) is 11.6 Å². The monoisotopic (exact) mass is 561 g/mol. The van der Waals surface area contributed by atoms with Gasteiger partial charge in [-0.05, 0) is 69.4 Å².